The highest BCUT2D eigenvalue weighted by Crippen LogP contribution is 2.29. The quantitative estimate of drug-likeness (QED) is 0.382. The molecule has 1 aliphatic rings. The van der Waals surface area contributed by atoms with Crippen LogP contribution in [-0.4, -0.2) is 67.7 Å². The minimum Gasteiger partial charge on any atom is -0.447 e. The molecule has 3 aromatic rings. The van der Waals surface area contributed by atoms with Gasteiger partial charge in [0.1, 0.15) is 18.1 Å². The van der Waals surface area contributed by atoms with E-state index in [9.17, 15) is 35.9 Å². The molecule has 1 N–H and O–H groups in total. The van der Waals surface area contributed by atoms with Crippen LogP contribution in [0.25, 0.3) is 0 Å². The van der Waals surface area contributed by atoms with E-state index in [1.807, 2.05) is 0 Å². The number of hydrogen-bond acceptors (Lipinski definition) is 9. The Labute approximate surface area is 220 Å². The van der Waals surface area contributed by atoms with Crippen LogP contribution in [0.3, 0.4) is 0 Å². The largest absolute Gasteiger partial charge is 0.573 e. The number of aryl methyl sites for hydroxylation is 1. The highest BCUT2D eigenvalue weighted by molar-refractivity contribution is 6.04. The molecule has 18 heteroatoms. The third-order valence-electron chi connectivity index (χ3n) is 5.49. The Hall–Kier alpha value is -4.48. The van der Waals surface area contributed by atoms with Gasteiger partial charge in [-0.05, 0) is 40.3 Å². The van der Waals surface area contributed by atoms with E-state index < -0.39 is 48.6 Å². The third kappa shape index (κ3) is 7.13. The lowest BCUT2D eigenvalue weighted by atomic mass is 10.1. The van der Waals surface area contributed by atoms with Gasteiger partial charge in [-0.15, -0.1) is 13.2 Å². The van der Waals surface area contributed by atoms with Crippen molar-refractivity contribution in [1.29, 1.82) is 0 Å². The molecular weight excluding hydrogens is 556 g/mol. The lowest BCUT2D eigenvalue weighted by Gasteiger charge is -2.22. The van der Waals surface area contributed by atoms with Crippen molar-refractivity contribution < 1.29 is 50.1 Å². The summed E-state index contributed by atoms with van der Waals surface area (Å²) in [5, 5.41) is 12.8. The molecule has 0 saturated carbocycles. The lowest BCUT2D eigenvalue weighted by Crippen LogP contribution is -2.36. The number of rotatable bonds is 9. The topological polar surface area (TPSA) is 134 Å². The average Bonchev–Trinajstić information content (AvgIpc) is 3.43. The van der Waals surface area contributed by atoms with Crippen LogP contribution in [0.5, 0.6) is 5.75 Å². The van der Waals surface area contributed by atoms with Crippen LogP contribution in [0.2, 0.25) is 0 Å². The molecule has 1 atom stereocenters. The number of carbonyl (C=O) groups is 2. The normalized spacial score (nSPS) is 15.7. The fraction of sp³-hybridized carbons (Fsp3) is 0.364. The first-order valence-corrected chi connectivity index (χ1v) is 11.3. The van der Waals surface area contributed by atoms with Gasteiger partial charge in [0.15, 0.2) is 0 Å². The molecule has 1 fully saturated rings. The minimum atomic E-state index is -4.86. The zero-order chi connectivity index (χ0) is 29.1. The number of ether oxygens (including phenoxy) is 3. The van der Waals surface area contributed by atoms with Gasteiger partial charge in [-0.2, -0.15) is 13.2 Å². The number of carbonyl (C=O) groups excluding carboxylic acids is 2. The van der Waals surface area contributed by atoms with Gasteiger partial charge >= 0.3 is 18.6 Å². The maximum absolute atomic E-state index is 13.3. The van der Waals surface area contributed by atoms with Gasteiger partial charge in [-0.3, -0.25) is 15.0 Å². The van der Waals surface area contributed by atoms with Crippen molar-refractivity contribution in [2.45, 2.75) is 31.7 Å². The van der Waals surface area contributed by atoms with E-state index in [1.165, 1.54) is 24.1 Å². The van der Waals surface area contributed by atoms with Crippen molar-refractivity contribution in [3.05, 3.63) is 58.9 Å². The molecule has 0 spiro atoms. The summed E-state index contributed by atoms with van der Waals surface area (Å²) in [6.07, 6.45) is -10.4. The Kier molecular flexibility index (Phi) is 8.08. The first-order chi connectivity index (χ1) is 18.8. The number of anilines is 1. The SMILES string of the molecule is Cn1nnnc1NC(=O)c1ccc(C(F)(F)F)nc1COCC1COC(=O)N1Cc1ccc(OC(F)(F)F)cc1. The highest BCUT2D eigenvalue weighted by atomic mass is 19.4. The number of nitrogens with zero attached hydrogens (tertiary/aromatic N) is 6. The summed E-state index contributed by atoms with van der Waals surface area (Å²) >= 11 is 0. The summed E-state index contributed by atoms with van der Waals surface area (Å²) in [5.41, 5.74) is -1.36. The second kappa shape index (κ2) is 11.3. The van der Waals surface area contributed by atoms with E-state index in [-0.39, 0.29) is 37.0 Å². The maximum Gasteiger partial charge on any atom is 0.573 e. The van der Waals surface area contributed by atoms with Crippen molar-refractivity contribution >= 4 is 17.9 Å². The zero-order valence-corrected chi connectivity index (χ0v) is 20.4. The Bertz CT molecular complexity index is 1360. The maximum atomic E-state index is 13.3. The molecule has 214 valence electrons. The summed E-state index contributed by atoms with van der Waals surface area (Å²) in [7, 11) is 1.44. The summed E-state index contributed by atoms with van der Waals surface area (Å²) in [6.45, 7) is -0.921. The van der Waals surface area contributed by atoms with Gasteiger partial charge in [0.2, 0.25) is 5.95 Å². The van der Waals surface area contributed by atoms with Gasteiger partial charge < -0.3 is 14.2 Å². The predicted octanol–water partition coefficient (Wildman–Crippen LogP) is 3.31. The van der Waals surface area contributed by atoms with E-state index >= 15 is 0 Å². The van der Waals surface area contributed by atoms with E-state index in [1.54, 1.807) is 0 Å². The van der Waals surface area contributed by atoms with E-state index in [0.29, 0.717) is 11.6 Å². The van der Waals surface area contributed by atoms with Crippen LogP contribution in [-0.2, 0) is 35.8 Å². The van der Waals surface area contributed by atoms with E-state index in [2.05, 4.69) is 30.6 Å². The summed E-state index contributed by atoms with van der Waals surface area (Å²) in [5.74, 6) is -1.34. The number of nitrogens with one attached hydrogen (secondary N) is 1. The van der Waals surface area contributed by atoms with Gasteiger partial charge in [-0.1, -0.05) is 17.2 Å². The molecule has 0 aliphatic carbocycles. The first-order valence-electron chi connectivity index (χ1n) is 11.3. The van der Waals surface area contributed by atoms with Crippen molar-refractivity contribution in [3.63, 3.8) is 0 Å². The van der Waals surface area contributed by atoms with Crippen molar-refractivity contribution in [2.24, 2.45) is 7.05 Å². The molecular formula is C22H19F6N7O5. The van der Waals surface area contributed by atoms with Crippen LogP contribution in [0.4, 0.5) is 37.1 Å². The third-order valence-corrected chi connectivity index (χ3v) is 5.49. The highest BCUT2D eigenvalue weighted by Gasteiger charge is 2.35. The van der Waals surface area contributed by atoms with Crippen LogP contribution >= 0.6 is 0 Å². The van der Waals surface area contributed by atoms with Crippen molar-refractivity contribution in [3.8, 4) is 5.75 Å². The van der Waals surface area contributed by atoms with Gasteiger partial charge in [0.05, 0.1) is 30.5 Å². The number of aromatic nitrogens is 5. The van der Waals surface area contributed by atoms with Crippen LogP contribution < -0.4 is 10.1 Å². The van der Waals surface area contributed by atoms with Crippen molar-refractivity contribution in [1.82, 2.24) is 30.1 Å². The molecule has 3 heterocycles. The molecule has 12 nitrogen and oxygen atoms in total. The predicted molar refractivity (Wildman–Crippen MR) is 119 cm³/mol. The number of cyclic esters (lactones) is 1. The molecule has 0 bridgehead atoms. The number of pyridine rings is 1. The lowest BCUT2D eigenvalue weighted by molar-refractivity contribution is -0.274. The van der Waals surface area contributed by atoms with E-state index in [4.69, 9.17) is 9.47 Å². The number of halogens is 6. The number of amides is 2. The van der Waals surface area contributed by atoms with Crippen molar-refractivity contribution in [2.75, 3.05) is 18.5 Å². The molecule has 2 aromatic heterocycles. The second-order valence-corrected chi connectivity index (χ2v) is 8.33. The molecule has 1 saturated heterocycles. The fourth-order valence-corrected chi connectivity index (χ4v) is 3.59. The average molecular weight is 575 g/mol. The Morgan fingerprint density at radius 2 is 1.85 bits per heavy atom. The van der Waals surface area contributed by atoms with Crippen LogP contribution in [0, 0.1) is 0 Å². The van der Waals surface area contributed by atoms with Crippen LogP contribution in [0.1, 0.15) is 27.3 Å². The number of alkyl halides is 6. The Morgan fingerprint density at radius 1 is 1.12 bits per heavy atom. The van der Waals surface area contributed by atoms with Gasteiger partial charge in [0.25, 0.3) is 5.91 Å². The molecule has 1 unspecified atom stereocenters. The molecule has 1 aliphatic heterocycles. The van der Waals surface area contributed by atoms with Gasteiger partial charge in [-0.25, -0.2) is 14.5 Å². The summed E-state index contributed by atoms with van der Waals surface area (Å²) < 4.78 is 92.4. The fourth-order valence-electron chi connectivity index (χ4n) is 3.59. The van der Waals surface area contributed by atoms with Gasteiger partial charge in [0, 0.05) is 13.6 Å². The molecule has 40 heavy (non-hydrogen) atoms. The molecule has 2 amide bonds. The zero-order valence-electron chi connectivity index (χ0n) is 20.4. The summed E-state index contributed by atoms with van der Waals surface area (Å²) in [4.78, 5) is 29.7. The number of benzene rings is 1. The molecule has 4 rings (SSSR count). The smallest absolute Gasteiger partial charge is 0.447 e. The Morgan fingerprint density at radius 3 is 2.48 bits per heavy atom. The van der Waals surface area contributed by atoms with Crippen LogP contribution in [0.15, 0.2) is 36.4 Å². The number of tetrazole rings is 1. The first kappa shape index (κ1) is 28.5. The molecule has 0 radical (unpaired) electrons. The monoisotopic (exact) mass is 575 g/mol. The Balaban J connectivity index is 1.43. The number of hydrogen-bond donors (Lipinski definition) is 1. The standard InChI is InChI=1S/C22H19F6N7O5/c1-34-19(31-32-33-34)30-18(36)15-6-7-17(21(23,24)25)29-16(15)11-38-9-13-10-39-20(37)35(13)8-12-2-4-14(5-3-12)40-22(26,27)28/h2-7,13H,8-11H2,1H3,(H,30,31,33,36). The minimum absolute atomic E-state index is 0.0552. The van der Waals surface area contributed by atoms with E-state index in [0.717, 1.165) is 22.9 Å². The summed E-state index contributed by atoms with van der Waals surface area (Å²) in [6, 6.07) is 5.71. The molecule has 1 aromatic carbocycles. The second-order valence-electron chi connectivity index (χ2n) is 8.33.